The Morgan fingerprint density at radius 2 is 2.42 bits per heavy atom. The van der Waals surface area contributed by atoms with Crippen molar-refractivity contribution in [3.8, 4) is 10.6 Å². The summed E-state index contributed by atoms with van der Waals surface area (Å²) in [6.45, 7) is 0.592. The third-order valence-corrected chi connectivity index (χ3v) is 5.25. The molecule has 19 heavy (non-hydrogen) atoms. The third kappa shape index (κ3) is 2.78. The van der Waals surface area contributed by atoms with Gasteiger partial charge in [-0.3, -0.25) is 5.10 Å². The Morgan fingerprint density at radius 1 is 1.53 bits per heavy atom. The molecule has 0 amide bonds. The summed E-state index contributed by atoms with van der Waals surface area (Å²) in [6, 6.07) is 3.91. The van der Waals surface area contributed by atoms with Crippen LogP contribution in [0.25, 0.3) is 10.6 Å². The van der Waals surface area contributed by atoms with Gasteiger partial charge in [0, 0.05) is 23.6 Å². The number of hydrogen-bond acceptors (Lipinski definition) is 5. The Bertz CT molecular complexity index is 686. The third-order valence-electron chi connectivity index (χ3n) is 2.97. The molecule has 3 heterocycles. The minimum absolute atomic E-state index is 0.115. The van der Waals surface area contributed by atoms with Crippen molar-refractivity contribution in [3.63, 3.8) is 0 Å². The van der Waals surface area contributed by atoms with Crippen LogP contribution >= 0.6 is 11.3 Å². The minimum atomic E-state index is -3.00. The zero-order valence-corrected chi connectivity index (χ0v) is 11.7. The van der Waals surface area contributed by atoms with Gasteiger partial charge in [0.05, 0.1) is 22.5 Å². The largest absolute Gasteiger partial charge is 0.305 e. The molecule has 2 aromatic rings. The van der Waals surface area contributed by atoms with Gasteiger partial charge < -0.3 is 5.32 Å². The molecule has 0 aromatic carbocycles. The van der Waals surface area contributed by atoms with E-state index >= 15 is 0 Å². The van der Waals surface area contributed by atoms with Crippen LogP contribution in [0.4, 0.5) is 0 Å². The highest BCUT2D eigenvalue weighted by atomic mass is 32.2. The zero-order valence-electron chi connectivity index (χ0n) is 10.0. The Morgan fingerprint density at radius 3 is 3.11 bits per heavy atom. The van der Waals surface area contributed by atoms with Crippen molar-refractivity contribution in [3.05, 3.63) is 40.8 Å². The second-order valence-electron chi connectivity index (χ2n) is 4.39. The highest BCUT2D eigenvalue weighted by Gasteiger charge is 2.21. The number of thiophene rings is 1. The molecule has 0 saturated carbocycles. The fourth-order valence-electron chi connectivity index (χ4n) is 2.02. The maximum absolute atomic E-state index is 11.3. The first-order valence-electron chi connectivity index (χ1n) is 5.84. The van der Waals surface area contributed by atoms with Gasteiger partial charge in [-0.15, -0.1) is 11.3 Å². The Hall–Kier alpha value is -1.44. The summed E-state index contributed by atoms with van der Waals surface area (Å²) < 4.78 is 22.6. The van der Waals surface area contributed by atoms with E-state index in [9.17, 15) is 8.42 Å². The maximum Gasteiger partial charge on any atom is 0.173 e. The highest BCUT2D eigenvalue weighted by Crippen LogP contribution is 2.25. The molecule has 0 fully saturated rings. The normalized spacial score (nSPS) is 20.9. The van der Waals surface area contributed by atoms with Crippen molar-refractivity contribution in [2.45, 2.75) is 12.6 Å². The van der Waals surface area contributed by atoms with E-state index in [4.69, 9.17) is 0 Å². The summed E-state index contributed by atoms with van der Waals surface area (Å²) in [5, 5.41) is 13.6. The second-order valence-corrected chi connectivity index (χ2v) is 7.27. The number of H-pyrrole nitrogens is 1. The van der Waals surface area contributed by atoms with E-state index < -0.39 is 9.84 Å². The lowest BCUT2D eigenvalue weighted by molar-refractivity contribution is 0.590. The van der Waals surface area contributed by atoms with Crippen LogP contribution in [0, 0.1) is 0 Å². The van der Waals surface area contributed by atoms with Gasteiger partial charge in [-0.05, 0) is 11.4 Å². The molecular formula is C12H13N3O2S2. The SMILES string of the molecule is O=S1(=O)C=CC(NCc2cn[nH]c2-c2cccs2)C1. The number of rotatable bonds is 4. The van der Waals surface area contributed by atoms with Crippen molar-refractivity contribution < 1.29 is 8.42 Å². The van der Waals surface area contributed by atoms with Crippen LogP contribution in [0.3, 0.4) is 0 Å². The summed E-state index contributed by atoms with van der Waals surface area (Å²) >= 11 is 1.64. The monoisotopic (exact) mass is 295 g/mol. The molecule has 3 rings (SSSR count). The smallest absolute Gasteiger partial charge is 0.173 e. The quantitative estimate of drug-likeness (QED) is 0.897. The number of nitrogens with zero attached hydrogens (tertiary/aromatic N) is 1. The fraction of sp³-hybridized carbons (Fsp3) is 0.250. The minimum Gasteiger partial charge on any atom is -0.305 e. The molecule has 1 unspecified atom stereocenters. The van der Waals surface area contributed by atoms with Crippen molar-refractivity contribution in [2.24, 2.45) is 0 Å². The van der Waals surface area contributed by atoms with E-state index in [1.807, 2.05) is 17.5 Å². The summed E-state index contributed by atoms with van der Waals surface area (Å²) in [4.78, 5) is 1.13. The Labute approximate surface area is 115 Å². The van der Waals surface area contributed by atoms with Gasteiger partial charge in [-0.2, -0.15) is 5.10 Å². The standard InChI is InChI=1S/C12H13N3O2S2/c16-19(17)5-3-10(8-19)13-6-9-7-14-15-12(9)11-2-1-4-18-11/h1-5,7,10,13H,6,8H2,(H,14,15). The van der Waals surface area contributed by atoms with Gasteiger partial charge in [0.2, 0.25) is 0 Å². The average Bonchev–Trinajstić information content (AvgIpc) is 3.04. The first-order chi connectivity index (χ1) is 9.14. The van der Waals surface area contributed by atoms with E-state index in [0.717, 1.165) is 16.1 Å². The second kappa shape index (κ2) is 4.92. The molecular weight excluding hydrogens is 282 g/mol. The molecule has 0 spiro atoms. The first-order valence-corrected chi connectivity index (χ1v) is 8.44. The van der Waals surface area contributed by atoms with Gasteiger partial charge in [0.25, 0.3) is 0 Å². The first kappa shape index (κ1) is 12.6. The van der Waals surface area contributed by atoms with Gasteiger partial charge in [-0.25, -0.2) is 8.42 Å². The molecule has 7 heteroatoms. The molecule has 2 N–H and O–H groups in total. The maximum atomic E-state index is 11.3. The van der Waals surface area contributed by atoms with Crippen LogP contribution < -0.4 is 5.32 Å². The molecule has 0 saturated heterocycles. The molecule has 5 nitrogen and oxygen atoms in total. The van der Waals surface area contributed by atoms with Crippen molar-refractivity contribution >= 4 is 21.2 Å². The number of aromatic amines is 1. The summed E-state index contributed by atoms with van der Waals surface area (Å²) in [5.74, 6) is 0.138. The van der Waals surface area contributed by atoms with Crippen LogP contribution in [0.1, 0.15) is 5.56 Å². The van der Waals surface area contributed by atoms with Crippen LogP contribution in [0.15, 0.2) is 35.2 Å². The Kier molecular flexibility index (Phi) is 3.26. The highest BCUT2D eigenvalue weighted by molar-refractivity contribution is 7.94. The topological polar surface area (TPSA) is 74.8 Å². The molecule has 1 aliphatic heterocycles. The van der Waals surface area contributed by atoms with Crippen molar-refractivity contribution in [1.29, 1.82) is 0 Å². The van der Waals surface area contributed by atoms with E-state index in [-0.39, 0.29) is 11.8 Å². The fourth-order valence-corrected chi connectivity index (χ4v) is 4.05. The number of aromatic nitrogens is 2. The lowest BCUT2D eigenvalue weighted by atomic mass is 10.2. The molecule has 2 aromatic heterocycles. The molecule has 1 atom stereocenters. The predicted molar refractivity (Wildman–Crippen MR) is 75.5 cm³/mol. The molecule has 0 bridgehead atoms. The molecule has 0 aliphatic carbocycles. The Balaban J connectivity index is 1.69. The number of nitrogens with one attached hydrogen (secondary N) is 2. The van der Waals surface area contributed by atoms with Crippen LogP contribution in [-0.4, -0.2) is 30.4 Å². The van der Waals surface area contributed by atoms with Gasteiger partial charge in [-0.1, -0.05) is 12.1 Å². The molecule has 0 radical (unpaired) electrons. The predicted octanol–water partition coefficient (Wildman–Crippen LogP) is 1.54. The van der Waals surface area contributed by atoms with E-state index in [0.29, 0.717) is 6.54 Å². The van der Waals surface area contributed by atoms with E-state index in [1.54, 1.807) is 23.6 Å². The summed E-state index contributed by atoms with van der Waals surface area (Å²) in [5.41, 5.74) is 2.03. The van der Waals surface area contributed by atoms with Gasteiger partial charge in [0.15, 0.2) is 9.84 Å². The summed E-state index contributed by atoms with van der Waals surface area (Å²) in [6.07, 6.45) is 3.47. The van der Waals surface area contributed by atoms with Gasteiger partial charge in [0.1, 0.15) is 0 Å². The lowest BCUT2D eigenvalue weighted by Gasteiger charge is -2.09. The van der Waals surface area contributed by atoms with Gasteiger partial charge >= 0.3 is 0 Å². The average molecular weight is 295 g/mol. The van der Waals surface area contributed by atoms with Crippen LogP contribution in [0.5, 0.6) is 0 Å². The van der Waals surface area contributed by atoms with E-state index in [2.05, 4.69) is 15.5 Å². The molecule has 100 valence electrons. The molecule has 1 aliphatic rings. The van der Waals surface area contributed by atoms with Crippen molar-refractivity contribution in [1.82, 2.24) is 15.5 Å². The zero-order chi connectivity index (χ0) is 13.3. The van der Waals surface area contributed by atoms with Crippen LogP contribution in [-0.2, 0) is 16.4 Å². The van der Waals surface area contributed by atoms with E-state index in [1.165, 1.54) is 5.41 Å². The van der Waals surface area contributed by atoms with Crippen LogP contribution in [0.2, 0.25) is 0 Å². The number of hydrogen-bond donors (Lipinski definition) is 2. The number of sulfone groups is 1. The summed E-state index contributed by atoms with van der Waals surface area (Å²) in [7, 11) is -3.00. The lowest BCUT2D eigenvalue weighted by Crippen LogP contribution is -2.29. The van der Waals surface area contributed by atoms with Crippen molar-refractivity contribution in [2.75, 3.05) is 5.75 Å².